The number of hydrogen-bond acceptors (Lipinski definition) is 11. The number of rotatable bonds is 19. The van der Waals surface area contributed by atoms with Gasteiger partial charge in [0.15, 0.2) is 0 Å². The standard InChI is InChI=1S/C62H80N12O6/c1-39(63-3)59(77)67-49-37-71(35-33-43-29-31-51(73(43)61(49)79)57-65-47-25-17-23-45(55(47)69-57)41-19-11-9-12-20-41)53(75)27-15-7-5-6-8-16-28-54(76)72-36-34-44-30-32-52(74(44)62(80)50(38-72)68-60(78)40(2)64-4)58-66-48-26-18-24-46(56(48)70-58)42-21-13-10-14-22-42/h9-14,17-26,39-40,43-44,49-52,57,63-65,69H,5-8,15-16,27-38H2,1-4H3,(H,66,70)(H,67,77)(H,68,78)/t39-,40-,43+,44+,49-,50-,51-,52-,57?/m0/s1. The van der Waals surface area contributed by atoms with Crippen molar-refractivity contribution in [2.45, 2.75) is 158 Å². The molecule has 7 N–H and O–H groups in total. The second-order valence-electron chi connectivity index (χ2n) is 22.6. The first-order chi connectivity index (χ1) is 38.9. The van der Waals surface area contributed by atoms with E-state index in [-0.39, 0.29) is 78.9 Å². The zero-order chi connectivity index (χ0) is 55.9. The summed E-state index contributed by atoms with van der Waals surface area (Å²) in [5.74, 6) is -0.266. The van der Waals surface area contributed by atoms with E-state index < -0.39 is 24.2 Å². The first-order valence-electron chi connectivity index (χ1n) is 29.3. The number of benzene rings is 4. The van der Waals surface area contributed by atoms with Crippen molar-refractivity contribution in [1.29, 1.82) is 0 Å². The first-order valence-corrected chi connectivity index (χ1v) is 29.3. The van der Waals surface area contributed by atoms with Gasteiger partial charge in [0.1, 0.15) is 24.1 Å². The molecule has 18 heteroatoms. The van der Waals surface area contributed by atoms with Crippen LogP contribution >= 0.6 is 0 Å². The fraction of sp³-hybridized carbons (Fsp3) is 0.500. The zero-order valence-electron chi connectivity index (χ0n) is 46.8. The van der Waals surface area contributed by atoms with Gasteiger partial charge in [-0.15, -0.1) is 0 Å². The van der Waals surface area contributed by atoms with Crippen molar-refractivity contribution in [3.63, 3.8) is 0 Å². The van der Waals surface area contributed by atoms with Gasteiger partial charge >= 0.3 is 0 Å². The van der Waals surface area contributed by atoms with E-state index in [9.17, 15) is 28.8 Å². The second-order valence-corrected chi connectivity index (χ2v) is 22.6. The molecule has 0 saturated carbocycles. The molecular weight excluding hydrogens is 1010 g/mol. The Hall–Kier alpha value is -7.31. The molecule has 4 fully saturated rings. The molecule has 5 aliphatic heterocycles. The first kappa shape index (κ1) is 56.0. The lowest BCUT2D eigenvalue weighted by molar-refractivity contribution is -0.144. The second kappa shape index (κ2) is 25.4. The van der Waals surface area contributed by atoms with Crippen LogP contribution in [0.25, 0.3) is 33.3 Å². The monoisotopic (exact) mass is 1090 g/mol. The van der Waals surface area contributed by atoms with Gasteiger partial charge < -0.3 is 56.5 Å². The summed E-state index contributed by atoms with van der Waals surface area (Å²) in [5.41, 5.74) is 8.06. The third-order valence-corrected chi connectivity index (χ3v) is 17.5. The minimum Gasteiger partial charge on any atom is -0.362 e. The number of carbonyl (C=O) groups excluding carboxylic acids is 6. The maximum atomic E-state index is 14.8. The van der Waals surface area contributed by atoms with Gasteiger partial charge in [0.2, 0.25) is 35.4 Å². The molecule has 6 amide bonds. The molecule has 5 aromatic rings. The Bertz CT molecular complexity index is 3010. The zero-order valence-corrected chi connectivity index (χ0v) is 46.8. The molecule has 0 spiro atoms. The van der Waals surface area contributed by atoms with Crippen LogP contribution in [0, 0.1) is 0 Å². The summed E-state index contributed by atoms with van der Waals surface area (Å²) in [6.07, 6.45) is 9.73. The van der Waals surface area contributed by atoms with Crippen molar-refractivity contribution in [3.05, 3.63) is 103 Å². The summed E-state index contributed by atoms with van der Waals surface area (Å²) in [6, 6.07) is 29.2. The highest BCUT2D eigenvalue weighted by Gasteiger charge is 2.48. The number of H-pyrrole nitrogens is 1. The minimum atomic E-state index is -0.918. The SMILES string of the molecule is CN[C@@H](C)C(=O)N[C@H]1CN(C(=O)CCCCCCCCC(=O)N2CC[C@H]3CC[C@@H](C4Nc5cccc(-c6ccccc6)c5N4)N3C(=O)[C@@H](NC(=O)[C@H](C)NC)C2)CC[C@H]2CC[C@@H](c3nc4cccc(-c5ccccc5)c4[nH]3)N2C1=O. The quantitative estimate of drug-likeness (QED) is 0.0421. The maximum absolute atomic E-state index is 14.8. The number of unbranched alkanes of at least 4 members (excludes halogenated alkanes) is 5. The van der Waals surface area contributed by atoms with E-state index in [1.165, 1.54) is 0 Å². The fourth-order valence-electron chi connectivity index (χ4n) is 12.8. The molecule has 4 saturated heterocycles. The van der Waals surface area contributed by atoms with Crippen LogP contribution in [0.5, 0.6) is 0 Å². The lowest BCUT2D eigenvalue weighted by Gasteiger charge is -2.40. The van der Waals surface area contributed by atoms with Crippen LogP contribution < -0.4 is 31.9 Å². The normalized spacial score (nSPS) is 23.6. The Morgan fingerprint density at radius 3 is 1.71 bits per heavy atom. The van der Waals surface area contributed by atoms with Crippen LogP contribution in [0.2, 0.25) is 0 Å². The van der Waals surface area contributed by atoms with E-state index in [1.807, 2.05) is 64.4 Å². The van der Waals surface area contributed by atoms with Crippen molar-refractivity contribution >= 4 is 57.9 Å². The van der Waals surface area contributed by atoms with Crippen molar-refractivity contribution < 1.29 is 28.8 Å². The van der Waals surface area contributed by atoms with E-state index in [4.69, 9.17) is 4.98 Å². The lowest BCUT2D eigenvalue weighted by atomic mass is 10.0. The predicted octanol–water partition coefficient (Wildman–Crippen LogP) is 6.92. The molecule has 10 rings (SSSR count). The molecule has 6 heterocycles. The van der Waals surface area contributed by atoms with Gasteiger partial charge in [-0.1, -0.05) is 111 Å². The van der Waals surface area contributed by atoms with Gasteiger partial charge in [-0.25, -0.2) is 4.98 Å². The molecule has 0 bridgehead atoms. The van der Waals surface area contributed by atoms with Gasteiger partial charge in [0, 0.05) is 62.2 Å². The molecule has 5 aliphatic rings. The third-order valence-electron chi connectivity index (χ3n) is 17.5. The maximum Gasteiger partial charge on any atom is 0.247 e. The average Bonchev–Trinajstić information content (AvgIpc) is 4.32. The van der Waals surface area contributed by atoms with Gasteiger partial charge in [0.25, 0.3) is 0 Å². The van der Waals surface area contributed by atoms with Crippen molar-refractivity contribution in [3.8, 4) is 22.3 Å². The molecule has 0 radical (unpaired) electrons. The Morgan fingerprint density at radius 1 is 0.588 bits per heavy atom. The minimum absolute atomic E-state index is 0.0137. The molecule has 18 nitrogen and oxygen atoms in total. The van der Waals surface area contributed by atoms with Gasteiger partial charge in [-0.05, 0) is 103 Å². The number of hydrogen-bond donors (Lipinski definition) is 7. The van der Waals surface area contributed by atoms with Crippen LogP contribution in [0.3, 0.4) is 0 Å². The van der Waals surface area contributed by atoms with Crippen molar-refractivity contribution in [2.75, 3.05) is 50.9 Å². The molecule has 1 aromatic heterocycles. The Labute approximate surface area is 469 Å². The van der Waals surface area contributed by atoms with Crippen LogP contribution in [-0.2, 0) is 28.8 Å². The molecule has 0 aliphatic carbocycles. The summed E-state index contributed by atoms with van der Waals surface area (Å²) in [5, 5.41) is 19.4. The highest BCUT2D eigenvalue weighted by molar-refractivity contribution is 5.95. The van der Waals surface area contributed by atoms with Crippen LogP contribution in [-0.4, -0.2) is 154 Å². The predicted molar refractivity (Wildman–Crippen MR) is 311 cm³/mol. The number of nitrogens with one attached hydrogen (secondary N) is 7. The van der Waals surface area contributed by atoms with Crippen molar-refractivity contribution in [1.82, 2.24) is 50.8 Å². The molecule has 80 heavy (non-hydrogen) atoms. The molecule has 4 aromatic carbocycles. The third kappa shape index (κ3) is 12.2. The summed E-state index contributed by atoms with van der Waals surface area (Å²) < 4.78 is 0. The number of para-hydroxylation sites is 2. The molecule has 424 valence electrons. The van der Waals surface area contributed by atoms with E-state index in [2.05, 4.69) is 79.3 Å². The Kier molecular flexibility index (Phi) is 17.8. The summed E-state index contributed by atoms with van der Waals surface area (Å²) >= 11 is 0. The fourth-order valence-corrected chi connectivity index (χ4v) is 12.8. The van der Waals surface area contributed by atoms with E-state index in [0.29, 0.717) is 58.0 Å². The van der Waals surface area contributed by atoms with Crippen LogP contribution in [0.15, 0.2) is 97.1 Å². The Balaban J connectivity index is 0.704. The number of aromatic amines is 1. The highest BCUT2D eigenvalue weighted by atomic mass is 16.2. The lowest BCUT2D eigenvalue weighted by Crippen LogP contribution is -2.62. The summed E-state index contributed by atoms with van der Waals surface area (Å²) in [7, 11) is 3.41. The number of imidazole rings is 1. The number of carbonyl (C=O) groups is 6. The number of aromatic nitrogens is 2. The summed E-state index contributed by atoms with van der Waals surface area (Å²) in [4.78, 5) is 100. The van der Waals surface area contributed by atoms with E-state index in [1.54, 1.807) is 37.7 Å². The largest absolute Gasteiger partial charge is 0.362 e. The van der Waals surface area contributed by atoms with E-state index in [0.717, 1.165) is 95.4 Å². The van der Waals surface area contributed by atoms with E-state index >= 15 is 0 Å². The van der Waals surface area contributed by atoms with Crippen LogP contribution in [0.4, 0.5) is 11.4 Å². The molecule has 9 atom stereocenters. The number of nitrogens with zero attached hydrogens (tertiary/aromatic N) is 5. The number of likely N-dealkylation sites (N-methyl/N-ethyl adjacent to an activating group) is 2. The number of anilines is 2. The topological polar surface area (TPSA) is 216 Å². The highest BCUT2D eigenvalue weighted by Crippen LogP contribution is 2.43. The molecular formula is C62H80N12O6. The average molecular weight is 1090 g/mol. The number of fused-ring (bicyclic) bond motifs is 4. The smallest absolute Gasteiger partial charge is 0.247 e. The summed E-state index contributed by atoms with van der Waals surface area (Å²) in [6.45, 7) is 4.69. The van der Waals surface area contributed by atoms with Gasteiger partial charge in [-0.2, -0.15) is 0 Å². The van der Waals surface area contributed by atoms with Gasteiger partial charge in [-0.3, -0.25) is 28.8 Å². The number of amides is 6. The van der Waals surface area contributed by atoms with Crippen LogP contribution in [0.1, 0.15) is 116 Å². The molecule has 1 unspecified atom stereocenters. The van der Waals surface area contributed by atoms with Crippen molar-refractivity contribution in [2.24, 2.45) is 0 Å². The van der Waals surface area contributed by atoms with Gasteiger partial charge in [0.05, 0.1) is 46.6 Å². The Morgan fingerprint density at radius 2 is 1.11 bits per heavy atom.